The molecule has 0 aliphatic rings. The second-order valence-corrected chi connectivity index (χ2v) is 27.7. The molecule has 0 bridgehead atoms. The van der Waals surface area contributed by atoms with Gasteiger partial charge >= 0.3 is 184 Å². The van der Waals surface area contributed by atoms with Crippen molar-refractivity contribution in [2.45, 2.75) is 26.3 Å². The summed E-state index contributed by atoms with van der Waals surface area (Å²) in [6.07, 6.45) is -3.26. The molecule has 0 fully saturated rings. The van der Waals surface area contributed by atoms with Gasteiger partial charge in [0.25, 0.3) is 0 Å². The maximum absolute atomic E-state index is 5.34. The zero-order valence-electron chi connectivity index (χ0n) is 22.4. The normalized spacial score (nSPS) is 17.9. The molecule has 0 unspecified atom stereocenters. The molecule has 0 radical (unpaired) electrons. The predicted molar refractivity (Wildman–Crippen MR) is 139 cm³/mol. The van der Waals surface area contributed by atoms with Gasteiger partial charge in [0.15, 0.2) is 0 Å². The fraction of sp³-hybridized carbons (Fsp3) is 1.00. The van der Waals surface area contributed by atoms with Crippen LogP contribution in [0.2, 0.25) is 0 Å². The number of hydrogen-bond acceptors (Lipinski definition) is 8. The van der Waals surface area contributed by atoms with Crippen molar-refractivity contribution < 1.29 is 0 Å². The van der Waals surface area contributed by atoms with E-state index in [4.69, 9.17) is 4.74 Å². The third-order valence-corrected chi connectivity index (χ3v) is 37.9. The standard InChI is InChI=1S/C18H51N8P3/c1-18(2,3)19-27-29(24(12)13,25(14)15,26(16)17)28(20(4)5,21(6)7,22(8)9)23(10)11/h1-17H3. The molecule has 0 saturated heterocycles. The molecule has 0 spiro atoms. The first-order chi connectivity index (χ1) is 12.8. The Labute approximate surface area is 184 Å². The molecule has 0 aliphatic carbocycles. The summed E-state index contributed by atoms with van der Waals surface area (Å²) >= 11 is 0. The number of nitrogens with zero attached hydrogens (tertiary/aromatic N) is 8. The minimum absolute atomic E-state index is 0.149. The fourth-order valence-corrected chi connectivity index (χ4v) is 42.0. The summed E-state index contributed by atoms with van der Waals surface area (Å²) in [4.78, 5) is 0. The van der Waals surface area contributed by atoms with Gasteiger partial charge in [-0.3, -0.25) is 0 Å². The Kier molecular flexibility index (Phi) is 9.11. The van der Waals surface area contributed by atoms with Crippen molar-refractivity contribution in [2.75, 3.05) is 98.7 Å². The summed E-state index contributed by atoms with van der Waals surface area (Å²) in [5, 5.41) is 0. The molecular formula is C18H51N8P3. The Bertz CT molecular complexity index is 526. The summed E-state index contributed by atoms with van der Waals surface area (Å²) in [6, 6.07) is 0. The average molecular weight is 473 g/mol. The Morgan fingerprint density at radius 3 is 0.862 bits per heavy atom. The van der Waals surface area contributed by atoms with Gasteiger partial charge in [-0.2, -0.15) is 0 Å². The summed E-state index contributed by atoms with van der Waals surface area (Å²) in [7, 11) is 32.4. The van der Waals surface area contributed by atoms with Crippen LogP contribution in [0.4, 0.5) is 0 Å². The Morgan fingerprint density at radius 2 is 0.724 bits per heavy atom. The van der Waals surface area contributed by atoms with E-state index in [1.165, 1.54) is 0 Å². The molecule has 11 heteroatoms. The molecule has 29 heavy (non-hydrogen) atoms. The second-order valence-electron chi connectivity index (χ2n) is 10.1. The average Bonchev–Trinajstić information content (AvgIpc) is 2.47. The van der Waals surface area contributed by atoms with Crippen LogP contribution in [-0.2, 0) is 0 Å². The topological polar surface area (TPSA) is 35.0 Å². The van der Waals surface area contributed by atoms with Crippen molar-refractivity contribution >= 4 is 21.4 Å². The molecule has 0 aromatic rings. The number of hydrogen-bond donors (Lipinski definition) is 0. The summed E-state index contributed by atoms with van der Waals surface area (Å²) in [6.45, 7) is 3.31. The fourth-order valence-electron chi connectivity index (χ4n) is 5.99. The second kappa shape index (κ2) is 8.90. The Hall–Kier alpha value is 0.680. The summed E-state index contributed by atoms with van der Waals surface area (Å²) in [5.41, 5.74) is -0.149. The van der Waals surface area contributed by atoms with E-state index in [1.54, 1.807) is 0 Å². The minimum atomic E-state index is -3.27. The van der Waals surface area contributed by atoms with Crippen molar-refractivity contribution in [1.82, 2.24) is 32.7 Å². The molecule has 0 aliphatic heterocycles. The van der Waals surface area contributed by atoms with Gasteiger partial charge < -0.3 is 0 Å². The van der Waals surface area contributed by atoms with Gasteiger partial charge in [-0.05, 0) is 0 Å². The molecule has 8 nitrogen and oxygen atoms in total. The number of rotatable bonds is 9. The first-order valence-electron chi connectivity index (χ1n) is 9.98. The van der Waals surface area contributed by atoms with Gasteiger partial charge in [0.2, 0.25) is 0 Å². The van der Waals surface area contributed by atoms with Crippen LogP contribution in [0, 0.1) is 0 Å². The van der Waals surface area contributed by atoms with Gasteiger partial charge in [-0.25, -0.2) is 0 Å². The van der Waals surface area contributed by atoms with Crippen molar-refractivity contribution in [1.29, 1.82) is 0 Å². The van der Waals surface area contributed by atoms with Gasteiger partial charge in [0.05, 0.1) is 0 Å². The van der Waals surface area contributed by atoms with E-state index < -0.39 is 13.3 Å². The van der Waals surface area contributed by atoms with Crippen LogP contribution in [0.25, 0.3) is 0 Å². The van der Waals surface area contributed by atoms with E-state index in [9.17, 15) is 0 Å². The third kappa shape index (κ3) is 3.14. The molecule has 0 aromatic heterocycles. The quantitative estimate of drug-likeness (QED) is 0.466. The molecule has 0 rings (SSSR count). The summed E-state index contributed by atoms with van der Waals surface area (Å²) < 4.78 is 22.8. The van der Waals surface area contributed by atoms with Crippen LogP contribution >= 0.6 is 21.4 Å². The van der Waals surface area contributed by atoms with E-state index in [2.05, 4.69) is 152 Å². The first kappa shape index (κ1) is 29.7. The van der Waals surface area contributed by atoms with Crippen LogP contribution in [0.3, 0.4) is 0 Å². The van der Waals surface area contributed by atoms with Crippen LogP contribution in [0.1, 0.15) is 20.8 Å². The maximum atomic E-state index is 5.34. The van der Waals surface area contributed by atoms with E-state index in [0.717, 1.165) is 8.06 Å². The van der Waals surface area contributed by atoms with Crippen molar-refractivity contribution in [3.8, 4) is 0 Å². The SMILES string of the molecule is CN(C)P(P=NC(C)(C)C)(N(C)C)(N(C)C)P(N(C)C)(N(C)C)(N(C)C)N(C)C. The van der Waals surface area contributed by atoms with E-state index in [1.807, 2.05) is 0 Å². The predicted octanol–water partition coefficient (Wildman–Crippen LogP) is 4.19. The molecule has 0 saturated carbocycles. The first-order valence-corrected chi connectivity index (χ1v) is 16.4. The molecule has 0 heterocycles. The molecular weight excluding hydrogens is 421 g/mol. The van der Waals surface area contributed by atoms with Crippen molar-refractivity contribution in [3.05, 3.63) is 0 Å². The van der Waals surface area contributed by atoms with Crippen LogP contribution < -0.4 is 0 Å². The van der Waals surface area contributed by atoms with Gasteiger partial charge in [-0.1, -0.05) is 0 Å². The van der Waals surface area contributed by atoms with Crippen LogP contribution in [-0.4, -0.2) is 137 Å². The monoisotopic (exact) mass is 472 g/mol. The van der Waals surface area contributed by atoms with E-state index in [0.29, 0.717) is 0 Å². The summed E-state index contributed by atoms with van der Waals surface area (Å²) in [5.74, 6) is 0. The third-order valence-electron chi connectivity index (χ3n) is 6.15. The zero-order chi connectivity index (χ0) is 23.9. The van der Waals surface area contributed by atoms with Gasteiger partial charge in [0.1, 0.15) is 0 Å². The van der Waals surface area contributed by atoms with Crippen LogP contribution in [0.15, 0.2) is 4.74 Å². The molecule has 178 valence electrons. The van der Waals surface area contributed by atoms with E-state index >= 15 is 0 Å². The van der Waals surface area contributed by atoms with Crippen molar-refractivity contribution in [2.24, 2.45) is 4.74 Å². The van der Waals surface area contributed by atoms with Gasteiger partial charge in [-0.15, -0.1) is 0 Å². The molecule has 0 N–H and O–H groups in total. The van der Waals surface area contributed by atoms with E-state index in [-0.39, 0.29) is 5.54 Å². The Morgan fingerprint density at radius 1 is 0.483 bits per heavy atom. The molecule has 0 amide bonds. The van der Waals surface area contributed by atoms with Gasteiger partial charge in [0, 0.05) is 0 Å². The van der Waals surface area contributed by atoms with Crippen LogP contribution in [0.5, 0.6) is 0 Å². The zero-order valence-corrected chi connectivity index (χ0v) is 25.1. The Balaban J connectivity index is 8.58. The molecule has 0 atom stereocenters. The molecule has 0 aromatic carbocycles. The van der Waals surface area contributed by atoms with Crippen molar-refractivity contribution in [3.63, 3.8) is 0 Å².